The lowest BCUT2D eigenvalue weighted by atomic mass is 9.99. The second kappa shape index (κ2) is 12.0. The Morgan fingerprint density at radius 2 is 1.77 bits per heavy atom. The number of methoxy groups -OCH3 is 1. The Hall–Kier alpha value is -3.20. The summed E-state index contributed by atoms with van der Waals surface area (Å²) < 4.78 is 10.2. The molecule has 0 radical (unpaired) electrons. The first-order chi connectivity index (χ1) is 16.8. The van der Waals surface area contributed by atoms with Crippen LogP contribution in [0.15, 0.2) is 42.6 Å². The van der Waals surface area contributed by atoms with Crippen LogP contribution in [0.25, 0.3) is 10.9 Å². The molecule has 3 rings (SSSR count). The van der Waals surface area contributed by atoms with Crippen molar-refractivity contribution in [2.45, 2.75) is 13.3 Å². The molecule has 0 aliphatic carbocycles. The van der Waals surface area contributed by atoms with Crippen LogP contribution in [0.2, 0.25) is 10.0 Å². The smallest absolute Gasteiger partial charge is 0.340 e. The van der Waals surface area contributed by atoms with E-state index in [1.165, 1.54) is 11.1 Å². The molecule has 2 amide bonds. The minimum absolute atomic E-state index is 0.0683. The number of nitrogens with one attached hydrogen (secondary N) is 1. The van der Waals surface area contributed by atoms with Crippen LogP contribution in [0.4, 0.5) is 5.69 Å². The summed E-state index contributed by atoms with van der Waals surface area (Å²) in [6.45, 7) is 2.65. The third kappa shape index (κ3) is 6.08. The highest BCUT2D eigenvalue weighted by atomic mass is 35.5. The minimum Gasteiger partial charge on any atom is -0.462 e. The van der Waals surface area contributed by atoms with Crippen molar-refractivity contribution in [1.82, 2.24) is 9.88 Å². The zero-order chi connectivity index (χ0) is 25.5. The van der Waals surface area contributed by atoms with E-state index >= 15 is 0 Å². The predicted molar refractivity (Wildman–Crippen MR) is 135 cm³/mol. The van der Waals surface area contributed by atoms with Gasteiger partial charge in [-0.25, -0.2) is 4.79 Å². The summed E-state index contributed by atoms with van der Waals surface area (Å²) in [6, 6.07) is 9.88. The van der Waals surface area contributed by atoms with E-state index < -0.39 is 11.9 Å². The van der Waals surface area contributed by atoms with Crippen molar-refractivity contribution in [2.24, 2.45) is 0 Å². The van der Waals surface area contributed by atoms with E-state index in [2.05, 4.69) is 10.3 Å². The van der Waals surface area contributed by atoms with Crippen LogP contribution in [-0.4, -0.2) is 61.6 Å². The van der Waals surface area contributed by atoms with Crippen LogP contribution in [0, 0.1) is 0 Å². The minimum atomic E-state index is -0.582. The van der Waals surface area contributed by atoms with Gasteiger partial charge in [0, 0.05) is 32.3 Å². The first kappa shape index (κ1) is 26.4. The zero-order valence-electron chi connectivity index (χ0n) is 19.6. The molecule has 0 bridgehead atoms. The first-order valence-electron chi connectivity index (χ1n) is 10.8. The molecule has 1 heterocycles. The predicted octanol–water partition coefficient (Wildman–Crippen LogP) is 4.62. The van der Waals surface area contributed by atoms with Crippen molar-refractivity contribution in [2.75, 3.05) is 39.2 Å². The molecule has 2 aromatic carbocycles. The molecule has 0 saturated heterocycles. The summed E-state index contributed by atoms with van der Waals surface area (Å²) in [7, 11) is 3.22. The number of carbonyl (C=O) groups excluding carboxylic acids is 3. The molecule has 1 aromatic heterocycles. The average molecular weight is 518 g/mol. The number of halogens is 2. The summed E-state index contributed by atoms with van der Waals surface area (Å²) >= 11 is 12.4. The number of hydrogen-bond donors (Lipinski definition) is 1. The van der Waals surface area contributed by atoms with Crippen LogP contribution in [0.3, 0.4) is 0 Å². The van der Waals surface area contributed by atoms with Gasteiger partial charge in [-0.2, -0.15) is 0 Å². The number of likely N-dealkylation sites (N-methyl/N-ethyl adjacent to an activating group) is 1. The maximum absolute atomic E-state index is 13.0. The van der Waals surface area contributed by atoms with Gasteiger partial charge in [-0.05, 0) is 30.7 Å². The monoisotopic (exact) mass is 517 g/mol. The average Bonchev–Trinajstić information content (AvgIpc) is 2.82. The Bertz CT molecular complexity index is 1250. The maximum atomic E-state index is 13.0. The topological polar surface area (TPSA) is 97.8 Å². The SMILES string of the molecule is CCOC(=O)c1cnc2c(NC(=O)c3c(Cl)cccc3Cl)cccc2c1CC(=O)N(C)CCOC. The van der Waals surface area contributed by atoms with Gasteiger partial charge >= 0.3 is 5.97 Å². The molecule has 10 heteroatoms. The van der Waals surface area contributed by atoms with Crippen LogP contribution in [-0.2, 0) is 20.7 Å². The fourth-order valence-electron chi connectivity index (χ4n) is 3.49. The Morgan fingerprint density at radius 1 is 1.09 bits per heavy atom. The molecule has 1 N–H and O–H groups in total. The molecular formula is C25H25Cl2N3O5. The van der Waals surface area contributed by atoms with Gasteiger partial charge in [0.25, 0.3) is 5.91 Å². The fourth-order valence-corrected chi connectivity index (χ4v) is 4.06. The van der Waals surface area contributed by atoms with Gasteiger partial charge in [-0.1, -0.05) is 41.4 Å². The number of ether oxygens (including phenoxy) is 2. The van der Waals surface area contributed by atoms with E-state index in [1.807, 2.05) is 0 Å². The molecule has 0 aliphatic heterocycles. The third-order valence-electron chi connectivity index (χ3n) is 5.33. The molecule has 0 aliphatic rings. The van der Waals surface area contributed by atoms with Crippen molar-refractivity contribution in [1.29, 1.82) is 0 Å². The van der Waals surface area contributed by atoms with Crippen molar-refractivity contribution in [3.8, 4) is 0 Å². The summed E-state index contributed by atoms with van der Waals surface area (Å²) in [5.74, 6) is -1.31. The van der Waals surface area contributed by atoms with Crippen molar-refractivity contribution in [3.05, 3.63) is 69.3 Å². The standard InChI is InChI=1S/C25H25Cl2N3O5/c1-4-35-25(33)17-14-28-23-15(16(17)13-21(31)30(2)11-12-34-3)7-5-10-20(23)29-24(32)22-18(26)8-6-9-19(22)27/h5-10,14H,4,11-13H2,1-3H3,(H,29,32). The number of nitrogens with zero attached hydrogens (tertiary/aromatic N) is 2. The Labute approximate surface area is 213 Å². The highest BCUT2D eigenvalue weighted by Crippen LogP contribution is 2.30. The molecule has 0 atom stereocenters. The zero-order valence-corrected chi connectivity index (χ0v) is 21.1. The van der Waals surface area contributed by atoms with Gasteiger partial charge in [-0.3, -0.25) is 14.6 Å². The number of hydrogen-bond acceptors (Lipinski definition) is 6. The fraction of sp³-hybridized carbons (Fsp3) is 0.280. The lowest BCUT2D eigenvalue weighted by molar-refractivity contribution is -0.129. The highest BCUT2D eigenvalue weighted by Gasteiger charge is 2.22. The normalized spacial score (nSPS) is 10.8. The van der Waals surface area contributed by atoms with E-state index in [-0.39, 0.29) is 40.1 Å². The van der Waals surface area contributed by atoms with Crippen LogP contribution in [0.5, 0.6) is 0 Å². The molecule has 35 heavy (non-hydrogen) atoms. The number of esters is 1. The van der Waals surface area contributed by atoms with E-state index in [4.69, 9.17) is 32.7 Å². The first-order valence-corrected chi connectivity index (χ1v) is 11.6. The summed E-state index contributed by atoms with van der Waals surface area (Å²) in [4.78, 5) is 44.5. The number of carbonyl (C=O) groups is 3. The quantitative estimate of drug-likeness (QED) is 0.416. The van der Waals surface area contributed by atoms with Crippen molar-refractivity contribution < 1.29 is 23.9 Å². The largest absolute Gasteiger partial charge is 0.462 e. The van der Waals surface area contributed by atoms with E-state index in [1.54, 1.807) is 57.5 Å². The van der Waals surface area contributed by atoms with Crippen LogP contribution in [0.1, 0.15) is 33.2 Å². The number of pyridine rings is 1. The molecule has 0 saturated carbocycles. The summed E-state index contributed by atoms with van der Waals surface area (Å²) in [6.07, 6.45) is 1.29. The summed E-state index contributed by atoms with van der Waals surface area (Å²) in [5, 5.41) is 3.74. The van der Waals surface area contributed by atoms with Crippen molar-refractivity contribution in [3.63, 3.8) is 0 Å². The van der Waals surface area contributed by atoms with Crippen molar-refractivity contribution >= 4 is 57.6 Å². The Balaban J connectivity index is 2.06. The van der Waals surface area contributed by atoms with Gasteiger partial charge in [0.15, 0.2) is 0 Å². The van der Waals surface area contributed by atoms with Crippen LogP contribution < -0.4 is 5.32 Å². The number of fused-ring (bicyclic) bond motifs is 1. The number of amides is 2. The lowest BCUT2D eigenvalue weighted by Crippen LogP contribution is -2.31. The lowest BCUT2D eigenvalue weighted by Gasteiger charge is -2.19. The highest BCUT2D eigenvalue weighted by molar-refractivity contribution is 6.40. The Kier molecular flexibility index (Phi) is 9.03. The molecule has 3 aromatic rings. The number of anilines is 1. The number of para-hydroxylation sites is 1. The van der Waals surface area contributed by atoms with Gasteiger partial charge in [-0.15, -0.1) is 0 Å². The van der Waals surface area contributed by atoms with Gasteiger partial charge in [0.2, 0.25) is 5.91 Å². The maximum Gasteiger partial charge on any atom is 0.340 e. The molecule has 0 unspecified atom stereocenters. The van der Waals surface area contributed by atoms with Gasteiger partial charge in [0.05, 0.1) is 52.0 Å². The third-order valence-corrected chi connectivity index (χ3v) is 5.96. The van der Waals surface area contributed by atoms with Gasteiger partial charge in [0.1, 0.15) is 0 Å². The summed E-state index contributed by atoms with van der Waals surface area (Å²) in [5.41, 5.74) is 1.55. The van der Waals surface area contributed by atoms with Gasteiger partial charge < -0.3 is 19.7 Å². The molecule has 0 fully saturated rings. The number of aromatic nitrogens is 1. The van der Waals surface area contributed by atoms with E-state index in [9.17, 15) is 14.4 Å². The second-order valence-corrected chi connectivity index (χ2v) is 8.42. The molecular weight excluding hydrogens is 493 g/mol. The molecule has 184 valence electrons. The Morgan fingerprint density at radius 3 is 2.43 bits per heavy atom. The molecule has 0 spiro atoms. The second-order valence-electron chi connectivity index (χ2n) is 7.61. The van der Waals surface area contributed by atoms with E-state index in [0.29, 0.717) is 35.3 Å². The number of benzene rings is 2. The van der Waals surface area contributed by atoms with Crippen LogP contribution >= 0.6 is 23.2 Å². The molecule has 8 nitrogen and oxygen atoms in total. The number of rotatable bonds is 9. The van der Waals surface area contributed by atoms with E-state index in [0.717, 1.165) is 0 Å².